The van der Waals surface area contributed by atoms with Crippen molar-refractivity contribution in [2.24, 2.45) is 11.3 Å². The normalized spacial score (nSPS) is 18.9. The maximum Gasteiger partial charge on any atom is 0.407 e. The summed E-state index contributed by atoms with van der Waals surface area (Å²) in [6.07, 6.45) is -0.791. The van der Waals surface area contributed by atoms with Crippen molar-refractivity contribution in [2.45, 2.75) is 87.5 Å². The molecule has 0 saturated carbocycles. The van der Waals surface area contributed by atoms with E-state index in [-0.39, 0.29) is 17.4 Å². The van der Waals surface area contributed by atoms with Crippen molar-refractivity contribution in [3.05, 3.63) is 40.6 Å². The molecule has 0 bridgehead atoms. The van der Waals surface area contributed by atoms with Gasteiger partial charge in [0.15, 0.2) is 5.82 Å². The quantitative estimate of drug-likeness (QED) is 0.510. The van der Waals surface area contributed by atoms with Gasteiger partial charge in [0.25, 0.3) is 0 Å². The molecular weight excluding hydrogens is 452 g/mol. The molecular formula is C29H44N4O3. The molecule has 0 aliphatic carbocycles. The zero-order valence-corrected chi connectivity index (χ0v) is 23.8. The second-order valence-corrected chi connectivity index (χ2v) is 11.8. The van der Waals surface area contributed by atoms with E-state index in [4.69, 9.17) is 14.7 Å². The van der Waals surface area contributed by atoms with Crippen LogP contribution in [0.5, 0.6) is 0 Å². The Morgan fingerprint density at radius 3 is 2.33 bits per heavy atom. The van der Waals surface area contributed by atoms with Gasteiger partial charge in [-0.1, -0.05) is 52.3 Å². The standard InChI is InChI=1S/C29H44N4O3/c1-18(2)29(28(8,9)10)17-32(13-14-33(29)27(34)35)26-24(16-36-19(3)4)22(7)30-25(31-26)23-15-20(5)11-12-21(23)6/h11-12,15,18-19H,13-14,16-17H2,1-10H3,(H,34,35)/t29-/m0/s1. The number of carbonyl (C=O) groups is 1. The van der Waals surface area contributed by atoms with Gasteiger partial charge in [0.05, 0.1) is 18.2 Å². The predicted molar refractivity (Wildman–Crippen MR) is 146 cm³/mol. The summed E-state index contributed by atoms with van der Waals surface area (Å²) in [7, 11) is 0. The lowest BCUT2D eigenvalue weighted by molar-refractivity contribution is -0.0379. The average molecular weight is 497 g/mol. The number of rotatable bonds is 6. The molecule has 1 saturated heterocycles. The summed E-state index contributed by atoms with van der Waals surface area (Å²) in [5, 5.41) is 10.2. The van der Waals surface area contributed by atoms with Crippen molar-refractivity contribution in [1.82, 2.24) is 14.9 Å². The SMILES string of the molecule is Cc1ccc(C)c(-c2nc(C)c(COC(C)C)c(N3CCN(C(=O)O)[C@@](C(C)C)(C(C)(C)C)C3)n2)c1. The Labute approximate surface area is 216 Å². The third kappa shape index (κ3) is 5.22. The number of carboxylic acid groups (broad SMARTS) is 1. The number of hydrogen-bond donors (Lipinski definition) is 1. The number of aryl methyl sites for hydroxylation is 3. The summed E-state index contributed by atoms with van der Waals surface area (Å²) >= 11 is 0. The van der Waals surface area contributed by atoms with E-state index in [1.165, 1.54) is 0 Å². The van der Waals surface area contributed by atoms with E-state index in [9.17, 15) is 9.90 Å². The lowest BCUT2D eigenvalue weighted by Gasteiger charge is -2.58. The van der Waals surface area contributed by atoms with E-state index in [2.05, 4.69) is 71.6 Å². The highest BCUT2D eigenvalue weighted by atomic mass is 16.5. The summed E-state index contributed by atoms with van der Waals surface area (Å²) in [6, 6.07) is 6.34. The van der Waals surface area contributed by atoms with Crippen molar-refractivity contribution >= 4 is 11.9 Å². The molecule has 0 spiro atoms. The number of anilines is 1. The number of ether oxygens (including phenoxy) is 1. The van der Waals surface area contributed by atoms with Gasteiger partial charge in [-0.05, 0) is 57.6 Å². The predicted octanol–water partition coefficient (Wildman–Crippen LogP) is 6.23. The maximum atomic E-state index is 12.4. The molecule has 198 valence electrons. The Balaban J connectivity index is 2.21. The Hall–Kier alpha value is -2.67. The summed E-state index contributed by atoms with van der Waals surface area (Å²) in [6.45, 7) is 22.8. The molecule has 1 N–H and O–H groups in total. The van der Waals surface area contributed by atoms with Gasteiger partial charge in [0.2, 0.25) is 0 Å². The third-order valence-corrected chi connectivity index (χ3v) is 7.68. The fourth-order valence-electron chi connectivity index (χ4n) is 5.68. The summed E-state index contributed by atoms with van der Waals surface area (Å²) in [4.78, 5) is 26.4. The van der Waals surface area contributed by atoms with Gasteiger partial charge in [0, 0.05) is 36.5 Å². The molecule has 1 aromatic heterocycles. The van der Waals surface area contributed by atoms with Gasteiger partial charge in [0.1, 0.15) is 5.82 Å². The topological polar surface area (TPSA) is 78.8 Å². The monoisotopic (exact) mass is 496 g/mol. The summed E-state index contributed by atoms with van der Waals surface area (Å²) < 4.78 is 6.04. The number of aromatic nitrogens is 2. The van der Waals surface area contributed by atoms with E-state index in [1.807, 2.05) is 20.8 Å². The minimum absolute atomic E-state index is 0.0733. The second kappa shape index (κ2) is 10.4. The van der Waals surface area contributed by atoms with Crippen molar-refractivity contribution in [1.29, 1.82) is 0 Å². The lowest BCUT2D eigenvalue weighted by atomic mass is 9.65. The van der Waals surface area contributed by atoms with Crippen LogP contribution in [0.25, 0.3) is 11.4 Å². The van der Waals surface area contributed by atoms with E-state index in [0.29, 0.717) is 32.1 Å². The molecule has 7 nitrogen and oxygen atoms in total. The molecule has 1 aliphatic rings. The van der Waals surface area contributed by atoms with Crippen molar-refractivity contribution in [2.75, 3.05) is 24.5 Å². The van der Waals surface area contributed by atoms with Crippen LogP contribution >= 0.6 is 0 Å². The number of hydrogen-bond acceptors (Lipinski definition) is 5. The van der Waals surface area contributed by atoms with E-state index in [0.717, 1.165) is 33.8 Å². The minimum atomic E-state index is -0.864. The highest BCUT2D eigenvalue weighted by Gasteiger charge is 2.54. The minimum Gasteiger partial charge on any atom is -0.465 e. The molecule has 1 fully saturated rings. The number of piperazine rings is 1. The molecule has 2 heterocycles. The van der Waals surface area contributed by atoms with Crippen LogP contribution in [0, 0.1) is 32.1 Å². The first-order valence-corrected chi connectivity index (χ1v) is 13.0. The van der Waals surface area contributed by atoms with Crippen LogP contribution in [0.2, 0.25) is 0 Å². The highest BCUT2D eigenvalue weighted by molar-refractivity contribution is 5.68. The van der Waals surface area contributed by atoms with Crippen molar-refractivity contribution in [3.63, 3.8) is 0 Å². The highest BCUT2D eigenvalue weighted by Crippen LogP contribution is 2.45. The molecule has 3 rings (SSSR count). The lowest BCUT2D eigenvalue weighted by Crippen LogP contribution is -2.71. The van der Waals surface area contributed by atoms with E-state index < -0.39 is 11.6 Å². The first-order chi connectivity index (χ1) is 16.7. The van der Waals surface area contributed by atoms with Crippen LogP contribution in [0.1, 0.15) is 70.9 Å². The third-order valence-electron chi connectivity index (χ3n) is 7.68. The average Bonchev–Trinajstić information content (AvgIpc) is 2.77. The molecule has 1 aliphatic heterocycles. The van der Waals surface area contributed by atoms with Crippen LogP contribution in [-0.4, -0.2) is 57.3 Å². The number of nitrogens with zero attached hydrogens (tertiary/aromatic N) is 4. The summed E-state index contributed by atoms with van der Waals surface area (Å²) in [5.74, 6) is 1.65. The maximum absolute atomic E-state index is 12.4. The molecule has 36 heavy (non-hydrogen) atoms. The van der Waals surface area contributed by atoms with E-state index >= 15 is 0 Å². The zero-order chi connectivity index (χ0) is 27.0. The fourth-order valence-corrected chi connectivity index (χ4v) is 5.68. The Morgan fingerprint density at radius 1 is 1.11 bits per heavy atom. The zero-order valence-electron chi connectivity index (χ0n) is 23.8. The van der Waals surface area contributed by atoms with Gasteiger partial charge in [-0.25, -0.2) is 14.8 Å². The van der Waals surface area contributed by atoms with Gasteiger partial charge >= 0.3 is 6.09 Å². The van der Waals surface area contributed by atoms with Crippen LogP contribution in [0.3, 0.4) is 0 Å². The van der Waals surface area contributed by atoms with Crippen LogP contribution in [-0.2, 0) is 11.3 Å². The molecule has 1 amide bonds. The van der Waals surface area contributed by atoms with Gasteiger partial charge in [-0.15, -0.1) is 0 Å². The number of benzene rings is 1. The van der Waals surface area contributed by atoms with Crippen LogP contribution in [0.4, 0.5) is 10.6 Å². The molecule has 0 radical (unpaired) electrons. The Bertz CT molecular complexity index is 1110. The smallest absolute Gasteiger partial charge is 0.407 e. The first-order valence-electron chi connectivity index (χ1n) is 13.0. The van der Waals surface area contributed by atoms with Crippen LogP contribution < -0.4 is 4.90 Å². The first kappa shape index (κ1) is 27.9. The molecule has 1 atom stereocenters. The van der Waals surface area contributed by atoms with Gasteiger partial charge in [-0.3, -0.25) is 4.90 Å². The van der Waals surface area contributed by atoms with E-state index in [1.54, 1.807) is 4.90 Å². The summed E-state index contributed by atoms with van der Waals surface area (Å²) in [5.41, 5.74) is 4.28. The number of amides is 1. The van der Waals surface area contributed by atoms with Gasteiger partial charge in [-0.2, -0.15) is 0 Å². The largest absolute Gasteiger partial charge is 0.465 e. The second-order valence-electron chi connectivity index (χ2n) is 11.8. The molecule has 2 aromatic rings. The molecule has 0 unspecified atom stereocenters. The fraction of sp³-hybridized carbons (Fsp3) is 0.621. The van der Waals surface area contributed by atoms with Crippen molar-refractivity contribution in [3.8, 4) is 11.4 Å². The Morgan fingerprint density at radius 2 is 1.78 bits per heavy atom. The molecule has 1 aromatic carbocycles. The molecule has 7 heteroatoms. The van der Waals surface area contributed by atoms with Gasteiger partial charge < -0.3 is 14.7 Å². The van der Waals surface area contributed by atoms with Crippen molar-refractivity contribution < 1.29 is 14.6 Å². The van der Waals surface area contributed by atoms with Crippen LogP contribution in [0.15, 0.2) is 18.2 Å². The Kier molecular flexibility index (Phi) is 8.04.